The molecule has 0 spiro atoms. The molecule has 1 aromatic rings. The summed E-state index contributed by atoms with van der Waals surface area (Å²) in [4.78, 5) is 0. The predicted molar refractivity (Wildman–Crippen MR) is 66.0 cm³/mol. The van der Waals surface area contributed by atoms with Gasteiger partial charge in [-0.3, -0.25) is 0 Å². The average molecular weight is 201 g/mol. The van der Waals surface area contributed by atoms with Crippen LogP contribution in [0.25, 0.3) is 0 Å². The first-order chi connectivity index (χ1) is 7.27. The van der Waals surface area contributed by atoms with Crippen molar-refractivity contribution in [2.24, 2.45) is 0 Å². The van der Waals surface area contributed by atoms with E-state index < -0.39 is 0 Å². The molecule has 0 amide bonds. The summed E-state index contributed by atoms with van der Waals surface area (Å²) in [5, 5.41) is 0. The van der Waals surface area contributed by atoms with Crippen LogP contribution < -0.4 is 0 Å². The lowest BCUT2D eigenvalue weighted by atomic mass is 9.83. The van der Waals surface area contributed by atoms with Gasteiger partial charge < -0.3 is 0 Å². The minimum atomic E-state index is 0.838. The number of rotatable bonds is 2. The molecule has 0 saturated heterocycles. The van der Waals surface area contributed by atoms with Crippen molar-refractivity contribution in [1.82, 2.24) is 0 Å². The molecule has 1 aliphatic rings. The summed E-state index contributed by atoms with van der Waals surface area (Å²) in [5.41, 5.74) is 2.94. The number of hydrogen-bond acceptors (Lipinski definition) is 0. The molecule has 1 saturated carbocycles. The Morgan fingerprint density at radius 3 is 2.07 bits per heavy atom. The smallest absolute Gasteiger partial charge is 0.0533 e. The van der Waals surface area contributed by atoms with E-state index in [4.69, 9.17) is 0 Å². The Kier molecular flexibility index (Phi) is 3.35. The normalized spacial score (nSPS) is 17.7. The molecule has 0 bridgehead atoms. The van der Waals surface area contributed by atoms with E-state index in [0.29, 0.717) is 0 Å². The maximum Gasteiger partial charge on any atom is 0.132 e. The molecular weight excluding hydrogens is 180 g/mol. The van der Waals surface area contributed by atoms with Crippen LogP contribution in [0.5, 0.6) is 0 Å². The van der Waals surface area contributed by atoms with Gasteiger partial charge in [0.15, 0.2) is 0 Å². The Balaban J connectivity index is 2.08. The maximum atomic E-state index is 2.33. The highest BCUT2D eigenvalue weighted by atomic mass is 14.2. The molecule has 0 unspecified atom stereocenters. The lowest BCUT2D eigenvalue weighted by Gasteiger charge is -2.21. The van der Waals surface area contributed by atoms with Crippen LogP contribution in [0, 0.1) is 5.92 Å². The summed E-state index contributed by atoms with van der Waals surface area (Å²) in [7, 11) is 0. The Hall–Kier alpha value is -0.910. The number of benzene rings is 1. The van der Waals surface area contributed by atoms with Crippen LogP contribution in [0.2, 0.25) is 0 Å². The predicted octanol–water partition coefficient (Wildman–Crippen LogP) is 4.70. The van der Waals surface area contributed by atoms with Crippen LogP contribution in [0.3, 0.4) is 0 Å². The van der Waals surface area contributed by atoms with Crippen LogP contribution in [0.1, 0.15) is 63.0 Å². The van der Waals surface area contributed by atoms with E-state index in [1.807, 2.05) is 0 Å². The molecule has 15 heavy (non-hydrogen) atoms. The third kappa shape index (κ3) is 2.56. The van der Waals surface area contributed by atoms with Crippen molar-refractivity contribution in [3.63, 3.8) is 0 Å². The van der Waals surface area contributed by atoms with Crippen LogP contribution in [-0.2, 0) is 0 Å². The third-order valence-corrected chi connectivity index (χ3v) is 3.56. The van der Waals surface area contributed by atoms with Gasteiger partial charge in [-0.2, -0.15) is 0 Å². The first-order valence-corrected chi connectivity index (χ1v) is 6.18. The van der Waals surface area contributed by atoms with Gasteiger partial charge in [-0.25, -0.2) is 0 Å². The summed E-state index contributed by atoms with van der Waals surface area (Å²) in [5.74, 6) is 2.25. The van der Waals surface area contributed by atoms with Crippen molar-refractivity contribution < 1.29 is 0 Å². The maximum absolute atomic E-state index is 2.33. The Labute approximate surface area is 93.7 Å². The molecule has 0 aliphatic heterocycles. The third-order valence-electron chi connectivity index (χ3n) is 3.56. The van der Waals surface area contributed by atoms with Crippen molar-refractivity contribution in [1.29, 1.82) is 0 Å². The first kappa shape index (κ1) is 10.6. The fraction of sp³-hybridized carbons (Fsp3) is 0.533. The van der Waals surface area contributed by atoms with E-state index in [1.165, 1.54) is 43.6 Å². The molecule has 0 aromatic heterocycles. The largest absolute Gasteiger partial charge is 0.132 e. The second-order valence-electron chi connectivity index (χ2n) is 4.96. The van der Waals surface area contributed by atoms with Crippen LogP contribution in [-0.4, -0.2) is 0 Å². The molecule has 1 aliphatic carbocycles. The molecule has 0 nitrogen and oxygen atoms in total. The van der Waals surface area contributed by atoms with E-state index in [0.717, 1.165) is 5.92 Å². The van der Waals surface area contributed by atoms with Gasteiger partial charge in [-0.1, -0.05) is 19.3 Å². The van der Waals surface area contributed by atoms with E-state index >= 15 is 0 Å². The summed E-state index contributed by atoms with van der Waals surface area (Å²) in [6.07, 6.45) is 7.08. The molecular formula is C15H21+. The van der Waals surface area contributed by atoms with Gasteiger partial charge in [0.25, 0.3) is 0 Å². The lowest BCUT2D eigenvalue weighted by molar-refractivity contribution is 0.443. The summed E-state index contributed by atoms with van der Waals surface area (Å²) >= 11 is 0. The second-order valence-corrected chi connectivity index (χ2v) is 4.96. The molecule has 0 heterocycles. The van der Waals surface area contributed by atoms with Crippen molar-refractivity contribution in [2.75, 3.05) is 0 Å². The van der Waals surface area contributed by atoms with Crippen LogP contribution >= 0.6 is 0 Å². The van der Waals surface area contributed by atoms with Crippen molar-refractivity contribution in [2.45, 2.75) is 51.9 Å². The molecule has 1 fully saturated rings. The van der Waals surface area contributed by atoms with Gasteiger partial charge in [0, 0.05) is 31.9 Å². The average Bonchev–Trinajstić information content (AvgIpc) is 2.30. The highest BCUT2D eigenvalue weighted by molar-refractivity contribution is 5.32. The van der Waals surface area contributed by atoms with E-state index in [1.54, 1.807) is 5.56 Å². The Bertz CT molecular complexity index is 288. The Morgan fingerprint density at radius 1 is 0.933 bits per heavy atom. The monoisotopic (exact) mass is 201 g/mol. The molecule has 2 rings (SSSR count). The molecule has 0 heteroatoms. The van der Waals surface area contributed by atoms with Gasteiger partial charge in [0.05, 0.1) is 0 Å². The summed E-state index contributed by atoms with van der Waals surface area (Å²) in [6, 6.07) is 9.22. The van der Waals surface area contributed by atoms with Gasteiger partial charge in [0.1, 0.15) is 5.56 Å². The second kappa shape index (κ2) is 4.74. The highest BCUT2D eigenvalue weighted by Crippen LogP contribution is 2.32. The molecule has 80 valence electrons. The molecule has 0 N–H and O–H groups in total. The molecule has 0 atom stereocenters. The van der Waals surface area contributed by atoms with E-state index in [2.05, 4.69) is 38.1 Å². The first-order valence-electron chi connectivity index (χ1n) is 6.18. The minimum absolute atomic E-state index is 0.838. The van der Waals surface area contributed by atoms with Gasteiger partial charge in [-0.05, 0) is 36.5 Å². The standard InChI is InChI=1S/C15H21/c1-12(2)13-8-10-15(11-9-13)14-6-4-3-5-7-14/h8-11,14H,3-7H2,1-2H3/q+1. The van der Waals surface area contributed by atoms with Crippen LogP contribution in [0.15, 0.2) is 24.3 Å². The van der Waals surface area contributed by atoms with Gasteiger partial charge in [0.2, 0.25) is 0 Å². The number of hydrogen-bond donors (Lipinski definition) is 0. The van der Waals surface area contributed by atoms with Gasteiger partial charge >= 0.3 is 0 Å². The van der Waals surface area contributed by atoms with Crippen LogP contribution in [0.4, 0.5) is 0 Å². The molecule has 0 radical (unpaired) electrons. The van der Waals surface area contributed by atoms with Crippen molar-refractivity contribution in [3.8, 4) is 0 Å². The molecule has 1 aromatic carbocycles. The quantitative estimate of drug-likeness (QED) is 0.608. The topological polar surface area (TPSA) is 0 Å². The van der Waals surface area contributed by atoms with Crippen molar-refractivity contribution >= 4 is 0 Å². The minimum Gasteiger partial charge on any atom is -0.0533 e. The van der Waals surface area contributed by atoms with E-state index in [-0.39, 0.29) is 0 Å². The zero-order chi connectivity index (χ0) is 10.7. The fourth-order valence-corrected chi connectivity index (χ4v) is 2.52. The summed E-state index contributed by atoms with van der Waals surface area (Å²) in [6.45, 7) is 4.35. The van der Waals surface area contributed by atoms with E-state index in [9.17, 15) is 0 Å². The lowest BCUT2D eigenvalue weighted by Crippen LogP contribution is -2.04. The zero-order valence-electron chi connectivity index (χ0n) is 9.92. The Morgan fingerprint density at radius 2 is 1.53 bits per heavy atom. The zero-order valence-corrected chi connectivity index (χ0v) is 9.92. The van der Waals surface area contributed by atoms with Crippen molar-refractivity contribution in [3.05, 3.63) is 41.3 Å². The van der Waals surface area contributed by atoms with Gasteiger partial charge in [-0.15, -0.1) is 0 Å². The highest BCUT2D eigenvalue weighted by Gasteiger charge is 2.17. The SMILES string of the molecule is C[C+](C)c1ccc(C2CCCCC2)cc1. The fourth-order valence-electron chi connectivity index (χ4n) is 2.52. The summed E-state index contributed by atoms with van der Waals surface area (Å²) < 4.78 is 0.